The predicted molar refractivity (Wildman–Crippen MR) is 117 cm³/mol. The Kier molecular flexibility index (Phi) is 10.8. The van der Waals surface area contributed by atoms with Crippen LogP contribution in [0.2, 0.25) is 0 Å². The maximum absolute atomic E-state index is 13.0. The summed E-state index contributed by atoms with van der Waals surface area (Å²) in [4.78, 5) is 27.7. The summed E-state index contributed by atoms with van der Waals surface area (Å²) in [6.07, 6.45) is 11.6. The van der Waals surface area contributed by atoms with Gasteiger partial charge in [0.2, 0.25) is 0 Å². The van der Waals surface area contributed by atoms with Crippen molar-refractivity contribution in [3.63, 3.8) is 0 Å². The highest BCUT2D eigenvalue weighted by Gasteiger charge is 2.41. The number of nitrogens with zero attached hydrogens (tertiary/aromatic N) is 1. The number of rotatable bonds is 12. The minimum atomic E-state index is -0.579. The van der Waals surface area contributed by atoms with E-state index in [0.29, 0.717) is 12.2 Å². The highest BCUT2D eigenvalue weighted by atomic mass is 16.6. The van der Waals surface area contributed by atoms with Crippen molar-refractivity contribution in [1.82, 2.24) is 4.90 Å². The van der Waals surface area contributed by atoms with Crippen molar-refractivity contribution < 1.29 is 19.1 Å². The smallest absolute Gasteiger partial charge is 0.329 e. The van der Waals surface area contributed by atoms with Crippen molar-refractivity contribution >= 4 is 11.9 Å². The van der Waals surface area contributed by atoms with Gasteiger partial charge in [0.15, 0.2) is 0 Å². The molecule has 29 heavy (non-hydrogen) atoms. The number of ether oxygens (including phenoxy) is 2. The van der Waals surface area contributed by atoms with Gasteiger partial charge in [-0.2, -0.15) is 0 Å². The standard InChI is InChI=1S/C24H43NO4/c1-8-9-10-11-12-13-14-15-19-16-20(28-7)17-21(26)25(19)22(18(2)3)23(27)29-24(4,5)6/h17-19,22H,8-16H2,1-7H3/t19-,22+/m1/s1. The van der Waals surface area contributed by atoms with Gasteiger partial charge in [0, 0.05) is 18.5 Å². The van der Waals surface area contributed by atoms with Crippen molar-refractivity contribution in [2.45, 2.75) is 117 Å². The van der Waals surface area contributed by atoms with E-state index in [1.54, 1.807) is 12.0 Å². The first kappa shape index (κ1) is 25.5. The highest BCUT2D eigenvalue weighted by molar-refractivity contribution is 5.93. The van der Waals surface area contributed by atoms with Crippen LogP contribution >= 0.6 is 0 Å². The minimum Gasteiger partial charge on any atom is -0.501 e. The highest BCUT2D eigenvalue weighted by Crippen LogP contribution is 2.29. The first-order valence-corrected chi connectivity index (χ1v) is 11.4. The fraction of sp³-hybridized carbons (Fsp3) is 0.833. The van der Waals surface area contributed by atoms with E-state index < -0.39 is 11.6 Å². The van der Waals surface area contributed by atoms with Crippen LogP contribution in [0.15, 0.2) is 11.8 Å². The van der Waals surface area contributed by atoms with Crippen LogP contribution in [-0.2, 0) is 19.1 Å². The van der Waals surface area contributed by atoms with Crippen molar-refractivity contribution in [2.75, 3.05) is 7.11 Å². The van der Waals surface area contributed by atoms with Gasteiger partial charge < -0.3 is 14.4 Å². The average molecular weight is 410 g/mol. The number of methoxy groups -OCH3 is 1. The zero-order valence-electron chi connectivity index (χ0n) is 19.8. The molecule has 0 unspecified atom stereocenters. The zero-order chi connectivity index (χ0) is 22.0. The van der Waals surface area contributed by atoms with Gasteiger partial charge in [-0.1, -0.05) is 65.7 Å². The molecule has 0 fully saturated rings. The maximum atomic E-state index is 13.0. The molecule has 0 aliphatic carbocycles. The average Bonchev–Trinajstić information content (AvgIpc) is 2.61. The molecule has 1 heterocycles. The Hall–Kier alpha value is -1.52. The van der Waals surface area contributed by atoms with Crippen LogP contribution in [0.3, 0.4) is 0 Å². The number of amides is 1. The second kappa shape index (κ2) is 12.2. The molecule has 0 saturated carbocycles. The molecule has 0 saturated heterocycles. The van der Waals surface area contributed by atoms with Gasteiger partial charge in [-0.25, -0.2) is 4.79 Å². The third-order valence-corrected chi connectivity index (χ3v) is 5.35. The number of carbonyl (C=O) groups excluding carboxylic acids is 2. The summed E-state index contributed by atoms with van der Waals surface area (Å²) in [5, 5.41) is 0. The molecular formula is C24H43NO4. The molecule has 1 aliphatic rings. The van der Waals surface area contributed by atoms with E-state index in [2.05, 4.69) is 6.92 Å². The molecule has 0 bridgehead atoms. The van der Waals surface area contributed by atoms with Crippen LogP contribution in [0.25, 0.3) is 0 Å². The Bertz CT molecular complexity index is 548. The van der Waals surface area contributed by atoms with Crippen molar-refractivity contribution in [1.29, 1.82) is 0 Å². The molecule has 1 amide bonds. The quantitative estimate of drug-likeness (QED) is 0.310. The molecule has 5 heteroatoms. The first-order chi connectivity index (χ1) is 13.6. The van der Waals surface area contributed by atoms with Crippen LogP contribution in [-0.4, -0.2) is 41.6 Å². The summed E-state index contributed by atoms with van der Waals surface area (Å²) in [6, 6.07) is -0.607. The lowest BCUT2D eigenvalue weighted by molar-refractivity contribution is -0.168. The Morgan fingerprint density at radius 1 is 1.14 bits per heavy atom. The summed E-state index contributed by atoms with van der Waals surface area (Å²) < 4.78 is 11.1. The monoisotopic (exact) mass is 409 g/mol. The van der Waals surface area contributed by atoms with E-state index in [0.717, 1.165) is 19.3 Å². The maximum Gasteiger partial charge on any atom is 0.329 e. The molecule has 0 aromatic heterocycles. The summed E-state index contributed by atoms with van der Waals surface area (Å²) >= 11 is 0. The van der Waals surface area contributed by atoms with E-state index in [-0.39, 0.29) is 23.8 Å². The topological polar surface area (TPSA) is 55.8 Å². The van der Waals surface area contributed by atoms with Crippen LogP contribution in [0, 0.1) is 5.92 Å². The molecular weight excluding hydrogens is 366 g/mol. The summed E-state index contributed by atoms with van der Waals surface area (Å²) in [7, 11) is 1.60. The minimum absolute atomic E-state index is 0.0251. The van der Waals surface area contributed by atoms with E-state index >= 15 is 0 Å². The van der Waals surface area contributed by atoms with E-state index in [9.17, 15) is 9.59 Å². The molecule has 5 nitrogen and oxygen atoms in total. The second-order valence-electron chi connectivity index (χ2n) is 9.55. The largest absolute Gasteiger partial charge is 0.501 e. The number of unbranched alkanes of at least 4 members (excludes halogenated alkanes) is 6. The van der Waals surface area contributed by atoms with Crippen molar-refractivity contribution in [2.24, 2.45) is 5.92 Å². The Morgan fingerprint density at radius 3 is 2.24 bits per heavy atom. The van der Waals surface area contributed by atoms with E-state index in [1.807, 2.05) is 34.6 Å². The molecule has 0 aromatic rings. The van der Waals surface area contributed by atoms with Gasteiger partial charge in [-0.05, 0) is 33.1 Å². The fourth-order valence-corrected chi connectivity index (χ4v) is 3.94. The molecule has 168 valence electrons. The van der Waals surface area contributed by atoms with Crippen molar-refractivity contribution in [3.8, 4) is 0 Å². The third-order valence-electron chi connectivity index (χ3n) is 5.35. The molecule has 1 aliphatic heterocycles. The van der Waals surface area contributed by atoms with Gasteiger partial charge in [0.05, 0.1) is 7.11 Å². The number of hydrogen-bond acceptors (Lipinski definition) is 4. The van der Waals surface area contributed by atoms with Gasteiger partial charge in [0.25, 0.3) is 5.91 Å². The molecule has 0 aromatic carbocycles. The van der Waals surface area contributed by atoms with Crippen LogP contribution in [0.5, 0.6) is 0 Å². The Morgan fingerprint density at radius 2 is 1.72 bits per heavy atom. The van der Waals surface area contributed by atoms with Crippen molar-refractivity contribution in [3.05, 3.63) is 11.8 Å². The molecule has 2 atom stereocenters. The van der Waals surface area contributed by atoms with Crippen LogP contribution in [0.4, 0.5) is 0 Å². The van der Waals surface area contributed by atoms with E-state index in [4.69, 9.17) is 9.47 Å². The lowest BCUT2D eigenvalue weighted by atomic mass is 9.93. The number of carbonyl (C=O) groups is 2. The second-order valence-corrected chi connectivity index (χ2v) is 9.55. The lowest BCUT2D eigenvalue weighted by Gasteiger charge is -2.41. The van der Waals surface area contributed by atoms with Crippen LogP contribution in [0.1, 0.15) is 99.3 Å². The summed E-state index contributed by atoms with van der Waals surface area (Å²) in [5.74, 6) is 0.207. The van der Waals surface area contributed by atoms with E-state index in [1.165, 1.54) is 38.2 Å². The normalized spacial score (nSPS) is 18.6. The number of esters is 1. The fourth-order valence-electron chi connectivity index (χ4n) is 3.94. The Labute approximate surface area is 178 Å². The first-order valence-electron chi connectivity index (χ1n) is 11.4. The predicted octanol–water partition coefficient (Wildman–Crippen LogP) is 5.62. The molecule has 0 spiro atoms. The van der Waals surface area contributed by atoms with Gasteiger partial charge in [-0.3, -0.25) is 4.79 Å². The zero-order valence-corrected chi connectivity index (χ0v) is 19.8. The molecule has 1 rings (SSSR count). The van der Waals surface area contributed by atoms with Gasteiger partial charge >= 0.3 is 5.97 Å². The third kappa shape index (κ3) is 8.79. The Balaban J connectivity index is 2.87. The molecule has 0 N–H and O–H groups in total. The SMILES string of the molecule is CCCCCCCCC[C@@H]1CC(OC)=CC(=O)N1[C@H](C(=O)OC(C)(C)C)C(C)C. The summed E-state index contributed by atoms with van der Waals surface area (Å²) in [6.45, 7) is 11.8. The number of hydrogen-bond donors (Lipinski definition) is 0. The van der Waals surface area contributed by atoms with Crippen LogP contribution < -0.4 is 0 Å². The van der Waals surface area contributed by atoms with Gasteiger partial charge in [0.1, 0.15) is 17.4 Å². The summed E-state index contributed by atoms with van der Waals surface area (Å²) in [5.41, 5.74) is -0.579. The lowest BCUT2D eigenvalue weighted by Crippen LogP contribution is -2.55. The van der Waals surface area contributed by atoms with Gasteiger partial charge in [-0.15, -0.1) is 0 Å². The molecule has 0 radical (unpaired) electrons.